The molecule has 0 N–H and O–H groups in total. The van der Waals surface area contributed by atoms with Crippen LogP contribution < -0.4 is 0 Å². The summed E-state index contributed by atoms with van der Waals surface area (Å²) in [5.41, 5.74) is 0.286. The highest BCUT2D eigenvalue weighted by Gasteiger charge is 2.39. The predicted molar refractivity (Wildman–Crippen MR) is 83.5 cm³/mol. The summed E-state index contributed by atoms with van der Waals surface area (Å²) < 4.78 is 25.8. The number of benzene rings is 1. The van der Waals surface area contributed by atoms with Gasteiger partial charge in [0.15, 0.2) is 9.84 Å². The first-order chi connectivity index (χ1) is 9.49. The second-order valence-corrected chi connectivity index (χ2v) is 9.14. The van der Waals surface area contributed by atoms with Crippen LogP contribution in [0, 0.1) is 5.41 Å². The molecule has 0 unspecified atom stereocenters. The van der Waals surface area contributed by atoms with E-state index in [1.165, 1.54) is 19.3 Å². The van der Waals surface area contributed by atoms with Crippen molar-refractivity contribution in [3.8, 4) is 0 Å². The summed E-state index contributed by atoms with van der Waals surface area (Å²) in [6.45, 7) is 3.45. The molecule has 5 heteroatoms. The molecule has 0 aromatic heterocycles. The number of hydrogen-bond donors (Lipinski definition) is 0. The van der Waals surface area contributed by atoms with Crippen molar-refractivity contribution in [2.24, 2.45) is 5.41 Å². The van der Waals surface area contributed by atoms with Crippen LogP contribution >= 0.6 is 15.9 Å². The maximum absolute atomic E-state index is 12.5. The standard InChI is InChI=1S/C15H20BrNO2S/c16-13-2-1-3-14(12-13)20(18,19)11-7-15-4-8-17(9-5-15)10-6-15/h1-3,12H,4-11H2. The van der Waals surface area contributed by atoms with Crippen LogP contribution in [-0.4, -0.2) is 38.7 Å². The summed E-state index contributed by atoms with van der Waals surface area (Å²) in [7, 11) is -3.16. The Bertz CT molecular complexity index is 578. The summed E-state index contributed by atoms with van der Waals surface area (Å²) >= 11 is 3.34. The molecule has 2 bridgehead atoms. The van der Waals surface area contributed by atoms with Gasteiger partial charge >= 0.3 is 0 Å². The Morgan fingerprint density at radius 2 is 1.80 bits per heavy atom. The quantitative estimate of drug-likeness (QED) is 0.830. The fourth-order valence-corrected chi connectivity index (χ4v) is 5.48. The number of hydrogen-bond acceptors (Lipinski definition) is 3. The van der Waals surface area contributed by atoms with E-state index in [0.717, 1.165) is 30.5 Å². The summed E-state index contributed by atoms with van der Waals surface area (Å²) in [6, 6.07) is 7.04. The normalized spacial score (nSPS) is 29.6. The minimum Gasteiger partial charge on any atom is -0.303 e. The maximum atomic E-state index is 12.5. The largest absolute Gasteiger partial charge is 0.303 e. The second kappa shape index (κ2) is 5.43. The van der Waals surface area contributed by atoms with Gasteiger partial charge < -0.3 is 4.90 Å². The zero-order valence-electron chi connectivity index (χ0n) is 11.5. The Kier molecular flexibility index (Phi) is 3.95. The summed E-state index contributed by atoms with van der Waals surface area (Å²) in [5, 5.41) is 0. The van der Waals surface area contributed by atoms with Crippen molar-refractivity contribution in [1.29, 1.82) is 0 Å². The Hall–Kier alpha value is -0.390. The summed E-state index contributed by atoms with van der Waals surface area (Å²) in [4.78, 5) is 2.93. The third kappa shape index (κ3) is 2.95. The molecule has 110 valence electrons. The zero-order chi connectivity index (χ0) is 14.2. The molecular formula is C15H20BrNO2S. The third-order valence-corrected chi connectivity index (χ3v) is 7.14. The van der Waals surface area contributed by atoms with Gasteiger partial charge in [-0.25, -0.2) is 8.42 Å². The molecule has 0 atom stereocenters. The average molecular weight is 358 g/mol. The Labute approximate surface area is 129 Å². The fraction of sp³-hybridized carbons (Fsp3) is 0.600. The molecule has 1 aromatic carbocycles. The fourth-order valence-electron chi connectivity index (χ4n) is 3.40. The molecule has 4 rings (SSSR count). The van der Waals surface area contributed by atoms with Crippen molar-refractivity contribution < 1.29 is 8.42 Å². The molecule has 3 aliphatic heterocycles. The number of halogens is 1. The van der Waals surface area contributed by atoms with Crippen molar-refractivity contribution in [2.75, 3.05) is 25.4 Å². The maximum Gasteiger partial charge on any atom is 0.178 e. The van der Waals surface area contributed by atoms with Crippen LogP contribution in [-0.2, 0) is 9.84 Å². The number of sulfone groups is 1. The van der Waals surface area contributed by atoms with E-state index in [1.807, 2.05) is 6.07 Å². The van der Waals surface area contributed by atoms with Crippen molar-refractivity contribution in [3.63, 3.8) is 0 Å². The van der Waals surface area contributed by atoms with E-state index >= 15 is 0 Å². The molecule has 3 fully saturated rings. The van der Waals surface area contributed by atoms with Crippen LogP contribution in [0.25, 0.3) is 0 Å². The molecule has 0 spiro atoms. The molecule has 1 aromatic rings. The Balaban J connectivity index is 1.71. The molecule has 3 nitrogen and oxygen atoms in total. The molecule has 0 saturated carbocycles. The van der Waals surface area contributed by atoms with Crippen LogP contribution in [0.4, 0.5) is 0 Å². The molecule has 0 amide bonds. The molecule has 0 aliphatic carbocycles. The summed E-state index contributed by atoms with van der Waals surface area (Å²) in [6.07, 6.45) is 4.32. The van der Waals surface area contributed by atoms with Crippen molar-refractivity contribution in [2.45, 2.75) is 30.6 Å². The summed E-state index contributed by atoms with van der Waals surface area (Å²) in [5.74, 6) is 0.281. The van der Waals surface area contributed by atoms with Gasteiger partial charge in [0.05, 0.1) is 10.6 Å². The van der Waals surface area contributed by atoms with Gasteiger partial charge in [0.1, 0.15) is 0 Å². The van der Waals surface area contributed by atoms with Crippen molar-refractivity contribution >= 4 is 25.8 Å². The minimum absolute atomic E-state index is 0.281. The van der Waals surface area contributed by atoms with Gasteiger partial charge in [0.2, 0.25) is 0 Å². The Morgan fingerprint density at radius 3 is 2.40 bits per heavy atom. The third-order valence-electron chi connectivity index (χ3n) is 4.93. The molecule has 3 heterocycles. The van der Waals surface area contributed by atoms with Gasteiger partial charge in [-0.05, 0) is 68.9 Å². The zero-order valence-corrected chi connectivity index (χ0v) is 13.9. The van der Waals surface area contributed by atoms with Gasteiger partial charge in [-0.1, -0.05) is 22.0 Å². The first-order valence-corrected chi connectivity index (χ1v) is 9.64. The lowest BCUT2D eigenvalue weighted by Crippen LogP contribution is -2.48. The van der Waals surface area contributed by atoms with Gasteiger partial charge in [0.25, 0.3) is 0 Å². The lowest BCUT2D eigenvalue weighted by atomic mass is 9.70. The number of rotatable bonds is 4. The van der Waals surface area contributed by atoms with E-state index in [4.69, 9.17) is 0 Å². The van der Waals surface area contributed by atoms with E-state index in [-0.39, 0.29) is 11.2 Å². The topological polar surface area (TPSA) is 37.4 Å². The van der Waals surface area contributed by atoms with Gasteiger partial charge in [-0.2, -0.15) is 0 Å². The molecular weight excluding hydrogens is 338 g/mol. The van der Waals surface area contributed by atoms with Crippen LogP contribution in [0.5, 0.6) is 0 Å². The number of fused-ring (bicyclic) bond motifs is 3. The van der Waals surface area contributed by atoms with E-state index in [9.17, 15) is 8.42 Å². The predicted octanol–water partition coefficient (Wildman–Crippen LogP) is 3.10. The highest BCUT2D eigenvalue weighted by Crippen LogP contribution is 2.43. The monoisotopic (exact) mass is 357 g/mol. The van der Waals surface area contributed by atoms with Crippen LogP contribution in [0.2, 0.25) is 0 Å². The first kappa shape index (κ1) is 14.5. The smallest absolute Gasteiger partial charge is 0.178 e. The van der Waals surface area contributed by atoms with E-state index in [1.54, 1.807) is 18.2 Å². The van der Waals surface area contributed by atoms with Gasteiger partial charge in [-0.3, -0.25) is 0 Å². The van der Waals surface area contributed by atoms with E-state index in [2.05, 4.69) is 20.8 Å². The van der Waals surface area contributed by atoms with Crippen molar-refractivity contribution in [1.82, 2.24) is 4.90 Å². The lowest BCUT2D eigenvalue weighted by molar-refractivity contribution is 0.0241. The Morgan fingerprint density at radius 1 is 1.15 bits per heavy atom. The van der Waals surface area contributed by atoms with Crippen molar-refractivity contribution in [3.05, 3.63) is 28.7 Å². The van der Waals surface area contributed by atoms with Gasteiger partial charge in [0, 0.05) is 4.47 Å². The number of piperidine rings is 3. The first-order valence-electron chi connectivity index (χ1n) is 7.20. The highest BCUT2D eigenvalue weighted by molar-refractivity contribution is 9.10. The minimum atomic E-state index is -3.16. The van der Waals surface area contributed by atoms with Crippen LogP contribution in [0.1, 0.15) is 25.7 Å². The van der Waals surface area contributed by atoms with E-state index in [0.29, 0.717) is 4.90 Å². The SMILES string of the molecule is O=S(=O)(CCC12CCN(CC1)CC2)c1cccc(Br)c1. The van der Waals surface area contributed by atoms with Gasteiger partial charge in [-0.15, -0.1) is 0 Å². The number of nitrogens with zero attached hydrogens (tertiary/aromatic N) is 1. The van der Waals surface area contributed by atoms with Crippen LogP contribution in [0.3, 0.4) is 0 Å². The molecule has 20 heavy (non-hydrogen) atoms. The van der Waals surface area contributed by atoms with Crippen LogP contribution in [0.15, 0.2) is 33.6 Å². The highest BCUT2D eigenvalue weighted by atomic mass is 79.9. The van der Waals surface area contributed by atoms with E-state index < -0.39 is 9.84 Å². The lowest BCUT2D eigenvalue weighted by Gasteiger charge is -2.48. The molecule has 3 aliphatic rings. The second-order valence-electron chi connectivity index (χ2n) is 6.12. The molecule has 3 saturated heterocycles. The average Bonchev–Trinajstić information content (AvgIpc) is 2.47. The molecule has 0 radical (unpaired) electrons.